The Morgan fingerprint density at radius 2 is 2.14 bits per heavy atom. The standard InChI is InChI=1S/C11H17N.CH5N/c1-4-12-8-11-9(2)6-5-7-10(11)3;1-2/h4,6,12H,1,5,7-8H2,2-3H3;2H2,1H3. The summed E-state index contributed by atoms with van der Waals surface area (Å²) in [7, 11) is 1.50. The molecule has 0 saturated heterocycles. The van der Waals surface area contributed by atoms with E-state index >= 15 is 0 Å². The van der Waals surface area contributed by atoms with E-state index in [1.807, 2.05) is 0 Å². The fourth-order valence-electron chi connectivity index (χ4n) is 1.58. The SMILES string of the molecule is C=CNCC1=C(C)CCC=C1C.CN. The molecule has 0 amide bonds. The second kappa shape index (κ2) is 7.39. The van der Waals surface area contributed by atoms with Crippen molar-refractivity contribution in [3.63, 3.8) is 0 Å². The summed E-state index contributed by atoms with van der Waals surface area (Å²) in [6.45, 7) is 8.97. The Kier molecular flexibility index (Phi) is 6.85. The molecule has 3 N–H and O–H groups in total. The minimum Gasteiger partial charge on any atom is -0.387 e. The maximum Gasteiger partial charge on any atom is 0.0397 e. The Labute approximate surface area is 87.6 Å². The highest BCUT2D eigenvalue weighted by Gasteiger charge is 2.07. The molecule has 0 aromatic rings. The molecule has 0 aromatic heterocycles. The lowest BCUT2D eigenvalue weighted by molar-refractivity contribution is 0.857. The number of hydrogen-bond donors (Lipinski definition) is 2. The van der Waals surface area contributed by atoms with E-state index in [0.29, 0.717) is 0 Å². The lowest BCUT2D eigenvalue weighted by atomic mass is 9.93. The highest BCUT2D eigenvalue weighted by Crippen LogP contribution is 2.23. The minimum atomic E-state index is 0.928. The van der Waals surface area contributed by atoms with Gasteiger partial charge in [0.05, 0.1) is 0 Å². The van der Waals surface area contributed by atoms with Crippen LogP contribution >= 0.6 is 0 Å². The van der Waals surface area contributed by atoms with E-state index in [0.717, 1.165) is 6.54 Å². The van der Waals surface area contributed by atoms with Gasteiger partial charge in [0.25, 0.3) is 0 Å². The third kappa shape index (κ3) is 3.79. The zero-order valence-electron chi connectivity index (χ0n) is 9.56. The topological polar surface area (TPSA) is 38.0 Å². The van der Waals surface area contributed by atoms with Crippen molar-refractivity contribution in [1.29, 1.82) is 0 Å². The zero-order chi connectivity index (χ0) is 11.0. The molecule has 1 aliphatic carbocycles. The number of nitrogens with two attached hydrogens (primary N) is 1. The van der Waals surface area contributed by atoms with Gasteiger partial charge in [-0.1, -0.05) is 23.8 Å². The first-order chi connectivity index (χ1) is 6.75. The Balaban J connectivity index is 0.000000791. The van der Waals surface area contributed by atoms with Gasteiger partial charge in [0.15, 0.2) is 0 Å². The normalized spacial score (nSPS) is 15.3. The summed E-state index contributed by atoms with van der Waals surface area (Å²) < 4.78 is 0. The fraction of sp³-hybridized carbons (Fsp3) is 0.500. The van der Waals surface area contributed by atoms with Crippen molar-refractivity contribution in [1.82, 2.24) is 5.32 Å². The highest BCUT2D eigenvalue weighted by atomic mass is 14.8. The molecule has 14 heavy (non-hydrogen) atoms. The molecule has 1 aliphatic rings. The molecule has 1 rings (SSSR count). The zero-order valence-corrected chi connectivity index (χ0v) is 9.56. The van der Waals surface area contributed by atoms with E-state index in [1.165, 1.54) is 36.6 Å². The van der Waals surface area contributed by atoms with Crippen molar-refractivity contribution in [2.24, 2.45) is 5.73 Å². The van der Waals surface area contributed by atoms with Gasteiger partial charge in [-0.2, -0.15) is 0 Å². The van der Waals surface area contributed by atoms with Crippen molar-refractivity contribution < 1.29 is 0 Å². The summed E-state index contributed by atoms with van der Waals surface area (Å²) in [5.41, 5.74) is 8.90. The molecule has 0 saturated carbocycles. The molecule has 0 aliphatic heterocycles. The molecule has 0 atom stereocenters. The van der Waals surface area contributed by atoms with Gasteiger partial charge in [0.2, 0.25) is 0 Å². The number of nitrogens with one attached hydrogen (secondary N) is 1. The van der Waals surface area contributed by atoms with Crippen LogP contribution in [-0.4, -0.2) is 13.6 Å². The molecule has 0 spiro atoms. The molecular formula is C12H22N2. The number of rotatable bonds is 3. The van der Waals surface area contributed by atoms with Gasteiger partial charge >= 0.3 is 0 Å². The van der Waals surface area contributed by atoms with E-state index < -0.39 is 0 Å². The minimum absolute atomic E-state index is 0.928. The van der Waals surface area contributed by atoms with Crippen LogP contribution in [0.3, 0.4) is 0 Å². The maximum atomic E-state index is 4.50. The van der Waals surface area contributed by atoms with Crippen molar-refractivity contribution in [2.75, 3.05) is 13.6 Å². The van der Waals surface area contributed by atoms with Crippen molar-refractivity contribution in [3.05, 3.63) is 35.6 Å². The summed E-state index contributed by atoms with van der Waals surface area (Å²) in [6.07, 6.45) is 6.48. The molecule has 0 aromatic carbocycles. The monoisotopic (exact) mass is 194 g/mol. The predicted octanol–water partition coefficient (Wildman–Crippen LogP) is 2.35. The van der Waals surface area contributed by atoms with Crippen molar-refractivity contribution >= 4 is 0 Å². The first-order valence-electron chi connectivity index (χ1n) is 5.03. The average molecular weight is 194 g/mol. The van der Waals surface area contributed by atoms with Gasteiger partial charge < -0.3 is 11.1 Å². The number of hydrogen-bond acceptors (Lipinski definition) is 2. The van der Waals surface area contributed by atoms with Gasteiger partial charge in [0.1, 0.15) is 0 Å². The van der Waals surface area contributed by atoms with Gasteiger partial charge in [-0.25, -0.2) is 0 Å². The van der Waals surface area contributed by atoms with Gasteiger partial charge in [-0.05, 0) is 45.5 Å². The summed E-state index contributed by atoms with van der Waals surface area (Å²) in [4.78, 5) is 0. The third-order valence-corrected chi connectivity index (χ3v) is 2.38. The number of allylic oxidation sites excluding steroid dienone is 2. The molecule has 2 heteroatoms. The highest BCUT2D eigenvalue weighted by molar-refractivity contribution is 5.37. The summed E-state index contributed by atoms with van der Waals surface area (Å²) >= 11 is 0. The summed E-state index contributed by atoms with van der Waals surface area (Å²) in [5.74, 6) is 0. The van der Waals surface area contributed by atoms with Gasteiger partial charge in [-0.15, -0.1) is 0 Å². The molecular weight excluding hydrogens is 172 g/mol. The Bertz CT molecular complexity index is 237. The molecule has 2 nitrogen and oxygen atoms in total. The van der Waals surface area contributed by atoms with E-state index in [-0.39, 0.29) is 0 Å². The van der Waals surface area contributed by atoms with Crippen LogP contribution in [0.1, 0.15) is 26.7 Å². The largest absolute Gasteiger partial charge is 0.387 e. The quantitative estimate of drug-likeness (QED) is 0.723. The van der Waals surface area contributed by atoms with Crippen LogP contribution in [0.2, 0.25) is 0 Å². The van der Waals surface area contributed by atoms with E-state index in [4.69, 9.17) is 0 Å². The van der Waals surface area contributed by atoms with E-state index in [9.17, 15) is 0 Å². The Hall–Kier alpha value is -1.02. The predicted molar refractivity (Wildman–Crippen MR) is 64.0 cm³/mol. The van der Waals surface area contributed by atoms with Gasteiger partial charge in [0, 0.05) is 6.54 Å². The average Bonchev–Trinajstić information content (AvgIpc) is 2.20. The summed E-state index contributed by atoms with van der Waals surface area (Å²) in [6, 6.07) is 0. The van der Waals surface area contributed by atoms with Crippen molar-refractivity contribution in [3.8, 4) is 0 Å². The lowest BCUT2D eigenvalue weighted by Crippen LogP contribution is -2.13. The summed E-state index contributed by atoms with van der Waals surface area (Å²) in [5, 5.41) is 3.14. The smallest absolute Gasteiger partial charge is 0.0397 e. The van der Waals surface area contributed by atoms with Crippen LogP contribution in [0.4, 0.5) is 0 Å². The third-order valence-electron chi connectivity index (χ3n) is 2.38. The van der Waals surface area contributed by atoms with Crippen LogP contribution in [-0.2, 0) is 0 Å². The first kappa shape index (κ1) is 13.0. The van der Waals surface area contributed by atoms with Crippen LogP contribution < -0.4 is 11.1 Å². The van der Waals surface area contributed by atoms with Crippen LogP contribution in [0.5, 0.6) is 0 Å². The molecule has 0 fully saturated rings. The molecule has 0 heterocycles. The molecule has 0 bridgehead atoms. The second-order valence-electron chi connectivity index (χ2n) is 3.27. The van der Waals surface area contributed by atoms with Crippen LogP contribution in [0, 0.1) is 0 Å². The van der Waals surface area contributed by atoms with Crippen molar-refractivity contribution in [2.45, 2.75) is 26.7 Å². The van der Waals surface area contributed by atoms with E-state index in [1.54, 1.807) is 6.20 Å². The second-order valence-corrected chi connectivity index (χ2v) is 3.27. The Morgan fingerprint density at radius 1 is 1.50 bits per heavy atom. The molecule has 80 valence electrons. The lowest BCUT2D eigenvalue weighted by Gasteiger charge is -2.17. The maximum absolute atomic E-state index is 4.50. The van der Waals surface area contributed by atoms with Gasteiger partial charge in [-0.3, -0.25) is 0 Å². The first-order valence-corrected chi connectivity index (χ1v) is 5.03. The van der Waals surface area contributed by atoms with Crippen LogP contribution in [0.25, 0.3) is 0 Å². The Morgan fingerprint density at radius 3 is 2.64 bits per heavy atom. The van der Waals surface area contributed by atoms with E-state index in [2.05, 4.69) is 37.6 Å². The fourth-order valence-corrected chi connectivity index (χ4v) is 1.58. The van der Waals surface area contributed by atoms with Crippen LogP contribution in [0.15, 0.2) is 35.6 Å². The molecule has 0 unspecified atom stereocenters. The molecule has 0 radical (unpaired) electrons.